The van der Waals surface area contributed by atoms with Gasteiger partial charge in [0.05, 0.1) is 0 Å². The van der Waals surface area contributed by atoms with Crippen LogP contribution in [0.4, 0.5) is 0 Å². The number of hydrogen-bond acceptors (Lipinski definition) is 3. The number of piperazine rings is 1. The molecule has 1 amide bonds. The summed E-state index contributed by atoms with van der Waals surface area (Å²) in [5, 5.41) is 3.28. The summed E-state index contributed by atoms with van der Waals surface area (Å²) in [6.07, 6.45) is 0.681. The molecule has 1 aromatic heterocycles. The Balaban J connectivity index is 0.00000220. The van der Waals surface area contributed by atoms with E-state index in [9.17, 15) is 9.59 Å². The summed E-state index contributed by atoms with van der Waals surface area (Å²) >= 11 is 0. The maximum Gasteiger partial charge on any atom is 0.270 e. The number of carbonyl (C=O) groups excluding carboxylic acids is 2. The van der Waals surface area contributed by atoms with Gasteiger partial charge in [-0.3, -0.25) is 9.59 Å². The summed E-state index contributed by atoms with van der Waals surface area (Å²) in [4.78, 5) is 29.5. The second kappa shape index (κ2) is 7.09. The van der Waals surface area contributed by atoms with Gasteiger partial charge in [-0.25, -0.2) is 0 Å². The molecule has 0 aliphatic carbocycles. The van der Waals surface area contributed by atoms with Crippen LogP contribution in [0.3, 0.4) is 0 Å². The Hall–Kier alpha value is -1.33. The average molecular weight is 314 g/mol. The number of aryl methyl sites for hydroxylation is 1. The van der Waals surface area contributed by atoms with E-state index in [4.69, 9.17) is 0 Å². The van der Waals surface area contributed by atoms with Crippen LogP contribution in [0, 0.1) is 6.92 Å². The number of halogens is 1. The van der Waals surface area contributed by atoms with E-state index in [1.165, 1.54) is 0 Å². The monoisotopic (exact) mass is 313 g/mol. The number of aromatic amines is 1. The molecule has 1 atom stereocenters. The fourth-order valence-electron chi connectivity index (χ4n) is 2.98. The largest absolute Gasteiger partial charge is 0.354 e. The minimum absolute atomic E-state index is 0. The fourth-order valence-corrected chi connectivity index (χ4v) is 2.98. The lowest BCUT2D eigenvalue weighted by Crippen LogP contribution is -2.52. The van der Waals surface area contributed by atoms with Gasteiger partial charge in [0, 0.05) is 36.9 Å². The van der Waals surface area contributed by atoms with E-state index >= 15 is 0 Å². The lowest BCUT2D eigenvalue weighted by molar-refractivity contribution is 0.0649. The van der Waals surface area contributed by atoms with Crippen molar-refractivity contribution < 1.29 is 9.59 Å². The van der Waals surface area contributed by atoms with Gasteiger partial charge in [0.1, 0.15) is 5.69 Å². The van der Waals surface area contributed by atoms with E-state index in [2.05, 4.69) is 10.3 Å². The second-order valence-electron chi connectivity index (χ2n) is 5.44. The Morgan fingerprint density at radius 2 is 2.05 bits per heavy atom. The van der Waals surface area contributed by atoms with Crippen LogP contribution in [0.25, 0.3) is 0 Å². The third-order valence-corrected chi connectivity index (χ3v) is 3.97. The number of nitrogens with one attached hydrogen (secondary N) is 2. The standard InChI is InChI=1S/C15H23N3O2.ClH/c1-5-12-13(11(4)19)10(3)17-14(12)15(20)18-7-6-16-8-9(18)2;/h9,16-17H,5-8H2,1-4H3;1H/t9-;/m0./s1. The summed E-state index contributed by atoms with van der Waals surface area (Å²) in [7, 11) is 0. The molecule has 1 aliphatic rings. The minimum Gasteiger partial charge on any atom is -0.354 e. The highest BCUT2D eigenvalue weighted by molar-refractivity contribution is 6.02. The highest BCUT2D eigenvalue weighted by Crippen LogP contribution is 2.22. The molecule has 0 radical (unpaired) electrons. The van der Waals surface area contributed by atoms with Crippen LogP contribution in [-0.2, 0) is 6.42 Å². The Morgan fingerprint density at radius 3 is 2.57 bits per heavy atom. The van der Waals surface area contributed by atoms with Gasteiger partial charge in [0.25, 0.3) is 5.91 Å². The summed E-state index contributed by atoms with van der Waals surface area (Å²) < 4.78 is 0. The van der Waals surface area contributed by atoms with Crippen LogP contribution in [0.1, 0.15) is 52.9 Å². The lowest BCUT2D eigenvalue weighted by atomic mass is 10.0. The summed E-state index contributed by atoms with van der Waals surface area (Å²) in [6, 6.07) is 0.172. The molecular formula is C15H24ClN3O2. The number of H-pyrrole nitrogens is 1. The number of ketones is 1. The number of nitrogens with zero attached hydrogens (tertiary/aromatic N) is 1. The normalized spacial score (nSPS) is 18.3. The van der Waals surface area contributed by atoms with Crippen LogP contribution in [0.5, 0.6) is 0 Å². The van der Waals surface area contributed by atoms with Crippen molar-refractivity contribution in [2.75, 3.05) is 19.6 Å². The van der Waals surface area contributed by atoms with Crippen molar-refractivity contribution in [3.8, 4) is 0 Å². The van der Waals surface area contributed by atoms with Gasteiger partial charge in [-0.05, 0) is 32.8 Å². The van der Waals surface area contributed by atoms with Crippen molar-refractivity contribution in [1.82, 2.24) is 15.2 Å². The van der Waals surface area contributed by atoms with Crippen molar-refractivity contribution in [2.45, 2.75) is 40.2 Å². The Morgan fingerprint density at radius 1 is 1.38 bits per heavy atom. The van der Waals surface area contributed by atoms with Crippen molar-refractivity contribution >= 4 is 24.1 Å². The van der Waals surface area contributed by atoms with Crippen molar-refractivity contribution in [3.63, 3.8) is 0 Å². The van der Waals surface area contributed by atoms with Crippen molar-refractivity contribution in [1.29, 1.82) is 0 Å². The molecule has 0 aromatic carbocycles. The molecular weight excluding hydrogens is 290 g/mol. The number of aromatic nitrogens is 1. The van der Waals surface area contributed by atoms with Gasteiger partial charge in [-0.1, -0.05) is 6.92 Å². The fraction of sp³-hybridized carbons (Fsp3) is 0.600. The molecule has 21 heavy (non-hydrogen) atoms. The van der Waals surface area contributed by atoms with E-state index in [0.29, 0.717) is 24.2 Å². The molecule has 6 heteroatoms. The van der Waals surface area contributed by atoms with E-state index < -0.39 is 0 Å². The van der Waals surface area contributed by atoms with Crippen LogP contribution in [0.15, 0.2) is 0 Å². The quantitative estimate of drug-likeness (QED) is 0.838. The molecule has 2 N–H and O–H groups in total. The minimum atomic E-state index is 0. The number of hydrogen-bond donors (Lipinski definition) is 2. The van der Waals surface area contributed by atoms with Gasteiger partial charge >= 0.3 is 0 Å². The molecule has 0 spiro atoms. The van der Waals surface area contributed by atoms with Crippen LogP contribution >= 0.6 is 12.4 Å². The van der Waals surface area contributed by atoms with Gasteiger partial charge in [0.2, 0.25) is 0 Å². The van der Waals surface area contributed by atoms with Gasteiger partial charge < -0.3 is 15.2 Å². The number of amides is 1. The summed E-state index contributed by atoms with van der Waals surface area (Å²) in [5.41, 5.74) is 2.91. The molecule has 0 bridgehead atoms. The van der Waals surface area contributed by atoms with Crippen LogP contribution in [0.2, 0.25) is 0 Å². The maximum atomic E-state index is 12.7. The first-order valence-electron chi connectivity index (χ1n) is 7.21. The predicted molar refractivity (Wildman–Crippen MR) is 85.5 cm³/mol. The zero-order valence-corrected chi connectivity index (χ0v) is 13.9. The van der Waals surface area contributed by atoms with E-state index in [1.807, 2.05) is 25.7 Å². The molecule has 0 unspecified atom stereocenters. The lowest BCUT2D eigenvalue weighted by Gasteiger charge is -2.34. The van der Waals surface area contributed by atoms with E-state index in [1.54, 1.807) is 6.92 Å². The van der Waals surface area contributed by atoms with Gasteiger partial charge in [-0.2, -0.15) is 0 Å². The predicted octanol–water partition coefficient (Wildman–Crippen LogP) is 1.94. The van der Waals surface area contributed by atoms with Crippen LogP contribution < -0.4 is 5.32 Å². The third kappa shape index (κ3) is 3.30. The second-order valence-corrected chi connectivity index (χ2v) is 5.44. The Labute approximate surface area is 131 Å². The van der Waals surface area contributed by atoms with E-state index in [0.717, 1.165) is 24.3 Å². The van der Waals surface area contributed by atoms with Gasteiger partial charge in [0.15, 0.2) is 5.78 Å². The molecule has 2 heterocycles. The molecule has 1 aliphatic heterocycles. The molecule has 1 fully saturated rings. The number of Topliss-reactive ketones (excluding diaryl/α,β-unsaturated/α-hetero) is 1. The topological polar surface area (TPSA) is 65.2 Å². The van der Waals surface area contributed by atoms with E-state index in [-0.39, 0.29) is 30.1 Å². The SMILES string of the molecule is CCc1c(C(=O)N2CCNC[C@@H]2C)[nH]c(C)c1C(C)=O.Cl. The first kappa shape index (κ1) is 17.7. The smallest absolute Gasteiger partial charge is 0.270 e. The zero-order chi connectivity index (χ0) is 14.9. The van der Waals surface area contributed by atoms with Crippen molar-refractivity contribution in [2.24, 2.45) is 0 Å². The first-order valence-corrected chi connectivity index (χ1v) is 7.21. The Bertz CT molecular complexity index is 539. The summed E-state index contributed by atoms with van der Waals surface area (Å²) in [5.74, 6) is 0.0226. The highest BCUT2D eigenvalue weighted by atomic mass is 35.5. The van der Waals surface area contributed by atoms with Gasteiger partial charge in [-0.15, -0.1) is 12.4 Å². The molecule has 118 valence electrons. The zero-order valence-electron chi connectivity index (χ0n) is 13.1. The van der Waals surface area contributed by atoms with Crippen LogP contribution in [-0.4, -0.2) is 47.3 Å². The molecule has 0 saturated carbocycles. The molecule has 2 rings (SSSR count). The summed E-state index contributed by atoms with van der Waals surface area (Å²) in [6.45, 7) is 9.76. The van der Waals surface area contributed by atoms with Crippen molar-refractivity contribution in [3.05, 3.63) is 22.5 Å². The third-order valence-electron chi connectivity index (χ3n) is 3.97. The maximum absolute atomic E-state index is 12.7. The number of rotatable bonds is 3. The highest BCUT2D eigenvalue weighted by Gasteiger charge is 2.29. The molecule has 1 saturated heterocycles. The molecule has 1 aromatic rings. The first-order chi connectivity index (χ1) is 9.47. The average Bonchev–Trinajstić information content (AvgIpc) is 2.75. The Kier molecular flexibility index (Phi) is 5.98. The molecule has 5 nitrogen and oxygen atoms in total. The number of carbonyl (C=O) groups is 2.